The largest absolute Gasteiger partial charge is 0.365 e. The highest BCUT2D eigenvalue weighted by Gasteiger charge is 2.30. The molecule has 1 aromatic carbocycles. The number of carbonyl (C=O) groups is 2. The van der Waals surface area contributed by atoms with Gasteiger partial charge < -0.3 is 16.0 Å². The van der Waals surface area contributed by atoms with Gasteiger partial charge in [0.2, 0.25) is 10.0 Å². The number of benzene rings is 1. The van der Waals surface area contributed by atoms with Gasteiger partial charge >= 0.3 is 6.03 Å². The smallest absolute Gasteiger partial charge is 0.318 e. The van der Waals surface area contributed by atoms with E-state index >= 15 is 0 Å². The highest BCUT2D eigenvalue weighted by Crippen LogP contribution is 2.30. The second kappa shape index (κ2) is 7.63. The molecule has 2 aromatic rings. The zero-order chi connectivity index (χ0) is 22.3. The molecule has 0 saturated heterocycles. The first kappa shape index (κ1) is 21.6. The quantitative estimate of drug-likeness (QED) is 0.666. The molecule has 1 aliphatic heterocycles. The van der Waals surface area contributed by atoms with Gasteiger partial charge in [-0.25, -0.2) is 13.2 Å². The summed E-state index contributed by atoms with van der Waals surface area (Å²) in [7, 11) is -3.46. The van der Waals surface area contributed by atoms with Crippen LogP contribution in [0.2, 0.25) is 0 Å². The number of urea groups is 1. The molecule has 1 aromatic heterocycles. The summed E-state index contributed by atoms with van der Waals surface area (Å²) in [5, 5.41) is 7.44. The Labute approximate surface area is 175 Å². The average molecular weight is 435 g/mol. The predicted molar refractivity (Wildman–Crippen MR) is 113 cm³/mol. The van der Waals surface area contributed by atoms with E-state index in [0.717, 1.165) is 6.26 Å². The van der Waals surface area contributed by atoms with Crippen LogP contribution in [0, 0.1) is 0 Å². The molecule has 30 heavy (non-hydrogen) atoms. The summed E-state index contributed by atoms with van der Waals surface area (Å²) < 4.78 is 27.1. The van der Waals surface area contributed by atoms with Crippen LogP contribution in [0.25, 0.3) is 11.3 Å². The maximum absolute atomic E-state index is 12.6. The van der Waals surface area contributed by atoms with Crippen LogP contribution in [-0.4, -0.2) is 53.4 Å². The van der Waals surface area contributed by atoms with E-state index in [1.807, 2.05) is 20.8 Å². The summed E-state index contributed by atoms with van der Waals surface area (Å²) in [6.45, 7) is 6.71. The minimum atomic E-state index is -3.46. The van der Waals surface area contributed by atoms with Gasteiger partial charge in [-0.3, -0.25) is 14.2 Å². The second-order valence-corrected chi connectivity index (χ2v) is 10.1. The number of nitrogens with two attached hydrogens (primary N) is 1. The molecule has 0 unspecified atom stereocenters. The number of hydrogen-bond acceptors (Lipinski definition) is 5. The lowest BCUT2D eigenvalue weighted by atomic mass is 10.0. The van der Waals surface area contributed by atoms with Gasteiger partial charge in [0.15, 0.2) is 0 Å². The fraction of sp³-hybridized carbons (Fsp3) is 0.421. The summed E-state index contributed by atoms with van der Waals surface area (Å²) in [5.74, 6) is -0.661. The van der Waals surface area contributed by atoms with Gasteiger partial charge in [-0.1, -0.05) is 12.1 Å². The van der Waals surface area contributed by atoms with E-state index in [4.69, 9.17) is 5.73 Å². The van der Waals surface area contributed by atoms with Crippen LogP contribution >= 0.6 is 0 Å². The Balaban J connectivity index is 1.98. The summed E-state index contributed by atoms with van der Waals surface area (Å²) in [6, 6.07) is 6.34. The number of amides is 3. The first-order valence-corrected chi connectivity index (χ1v) is 11.3. The third-order valence-corrected chi connectivity index (χ3v) is 5.04. The van der Waals surface area contributed by atoms with E-state index in [9.17, 15) is 18.0 Å². The zero-order valence-electron chi connectivity index (χ0n) is 17.4. The molecule has 2 heterocycles. The molecule has 4 N–H and O–H groups in total. The number of anilines is 1. The monoisotopic (exact) mass is 434 g/mol. The number of carbonyl (C=O) groups excluding carboxylic acids is 2. The van der Waals surface area contributed by atoms with Crippen molar-refractivity contribution in [2.45, 2.75) is 39.4 Å². The van der Waals surface area contributed by atoms with Crippen molar-refractivity contribution < 1.29 is 18.0 Å². The third-order valence-electron chi connectivity index (χ3n) is 4.43. The molecule has 10 nitrogen and oxygen atoms in total. The van der Waals surface area contributed by atoms with Gasteiger partial charge in [0.1, 0.15) is 5.69 Å². The summed E-state index contributed by atoms with van der Waals surface area (Å²) in [6.07, 6.45) is 1.06. The predicted octanol–water partition coefficient (Wildman–Crippen LogP) is 1.34. The van der Waals surface area contributed by atoms with E-state index in [0.29, 0.717) is 35.7 Å². The molecule has 0 radical (unpaired) electrons. The number of nitrogens with one attached hydrogen (secondary N) is 2. The first-order valence-electron chi connectivity index (χ1n) is 9.39. The molecule has 1 aliphatic rings. The fourth-order valence-electron chi connectivity index (χ4n) is 3.30. The van der Waals surface area contributed by atoms with Crippen LogP contribution in [0.15, 0.2) is 24.3 Å². The standard InChI is InChI=1S/C19H26N6O4S/c1-19(2,3)21-18(27)24-8-9-25-14(11-24)15(17(20)26)16(22-25)12-6-5-7-13(10-12)23-30(4,28)29/h5-7,10,23H,8-9,11H2,1-4H3,(H2,20,26)(H,21,27). The van der Waals surface area contributed by atoms with Crippen molar-refractivity contribution in [1.29, 1.82) is 0 Å². The molecule has 0 fully saturated rings. The molecule has 0 spiro atoms. The molecule has 162 valence electrons. The maximum Gasteiger partial charge on any atom is 0.318 e. The van der Waals surface area contributed by atoms with Crippen molar-refractivity contribution in [3.8, 4) is 11.3 Å². The van der Waals surface area contributed by atoms with E-state index in [2.05, 4.69) is 15.1 Å². The number of hydrogen-bond donors (Lipinski definition) is 3. The van der Waals surface area contributed by atoms with E-state index in [1.165, 1.54) is 0 Å². The number of primary amides is 1. The number of nitrogens with zero attached hydrogens (tertiary/aromatic N) is 3. The van der Waals surface area contributed by atoms with Crippen molar-refractivity contribution >= 4 is 27.6 Å². The fourth-order valence-corrected chi connectivity index (χ4v) is 3.85. The topological polar surface area (TPSA) is 139 Å². The van der Waals surface area contributed by atoms with E-state index < -0.39 is 15.9 Å². The lowest BCUT2D eigenvalue weighted by molar-refractivity contribution is 0.0997. The number of fused-ring (bicyclic) bond motifs is 1. The van der Waals surface area contributed by atoms with Crippen molar-refractivity contribution in [3.05, 3.63) is 35.5 Å². The zero-order valence-corrected chi connectivity index (χ0v) is 18.2. The Morgan fingerprint density at radius 2 is 1.90 bits per heavy atom. The Morgan fingerprint density at radius 1 is 1.20 bits per heavy atom. The van der Waals surface area contributed by atoms with Gasteiger partial charge in [-0.2, -0.15) is 5.10 Å². The normalized spacial score (nSPS) is 14.2. The van der Waals surface area contributed by atoms with E-state index in [-0.39, 0.29) is 23.7 Å². The minimum absolute atomic E-state index is 0.189. The molecular formula is C19H26N6O4S. The summed E-state index contributed by atoms with van der Waals surface area (Å²) in [4.78, 5) is 26.5. The Morgan fingerprint density at radius 3 is 2.50 bits per heavy atom. The average Bonchev–Trinajstić information content (AvgIpc) is 2.97. The lowest BCUT2D eigenvalue weighted by Gasteiger charge is -2.31. The third kappa shape index (κ3) is 4.90. The second-order valence-electron chi connectivity index (χ2n) is 8.31. The molecule has 0 bridgehead atoms. The van der Waals surface area contributed by atoms with Crippen LogP contribution in [-0.2, 0) is 23.1 Å². The summed E-state index contributed by atoms with van der Waals surface area (Å²) >= 11 is 0. The number of aromatic nitrogens is 2. The van der Waals surface area contributed by atoms with Gasteiger partial charge in [0.05, 0.1) is 30.6 Å². The van der Waals surface area contributed by atoms with Gasteiger partial charge in [0.25, 0.3) is 5.91 Å². The molecule has 0 atom stereocenters. The van der Waals surface area contributed by atoms with Crippen LogP contribution in [0.4, 0.5) is 10.5 Å². The molecule has 3 amide bonds. The Kier molecular flexibility index (Phi) is 5.50. The highest BCUT2D eigenvalue weighted by atomic mass is 32.2. The SMILES string of the molecule is CC(C)(C)NC(=O)N1CCn2nc(-c3cccc(NS(C)(=O)=O)c3)c(C(N)=O)c2C1. The van der Waals surface area contributed by atoms with Crippen molar-refractivity contribution in [2.24, 2.45) is 5.73 Å². The van der Waals surface area contributed by atoms with Crippen LogP contribution in [0.1, 0.15) is 36.8 Å². The Hall–Kier alpha value is -3.08. The van der Waals surface area contributed by atoms with Crippen molar-refractivity contribution in [1.82, 2.24) is 20.0 Å². The lowest BCUT2D eigenvalue weighted by Crippen LogP contribution is -2.50. The van der Waals surface area contributed by atoms with Gasteiger partial charge in [-0.05, 0) is 32.9 Å². The minimum Gasteiger partial charge on any atom is -0.365 e. The van der Waals surface area contributed by atoms with Gasteiger partial charge in [-0.15, -0.1) is 0 Å². The molecule has 11 heteroatoms. The van der Waals surface area contributed by atoms with Crippen LogP contribution in [0.5, 0.6) is 0 Å². The highest BCUT2D eigenvalue weighted by molar-refractivity contribution is 7.92. The molecule has 0 aliphatic carbocycles. The molecule has 0 saturated carbocycles. The van der Waals surface area contributed by atoms with Gasteiger partial charge in [0, 0.05) is 23.3 Å². The van der Waals surface area contributed by atoms with E-state index in [1.54, 1.807) is 33.8 Å². The number of rotatable bonds is 4. The molecule has 3 rings (SSSR count). The summed E-state index contributed by atoms with van der Waals surface area (Å²) in [5.41, 5.74) is 7.29. The van der Waals surface area contributed by atoms with Crippen LogP contribution < -0.4 is 15.8 Å². The maximum atomic E-state index is 12.6. The van der Waals surface area contributed by atoms with Crippen molar-refractivity contribution in [3.63, 3.8) is 0 Å². The van der Waals surface area contributed by atoms with Crippen molar-refractivity contribution in [2.75, 3.05) is 17.5 Å². The first-order chi connectivity index (χ1) is 13.8. The molecular weight excluding hydrogens is 408 g/mol. The Bertz CT molecular complexity index is 1100. The number of sulfonamides is 1. The van der Waals surface area contributed by atoms with Crippen LogP contribution in [0.3, 0.4) is 0 Å².